The van der Waals surface area contributed by atoms with Gasteiger partial charge in [0.2, 0.25) is 5.91 Å². The molecule has 4 nitrogen and oxygen atoms in total. The van der Waals surface area contributed by atoms with Gasteiger partial charge in [-0.25, -0.2) is 6.14 Å². The van der Waals surface area contributed by atoms with Gasteiger partial charge in [-0.15, -0.1) is 0 Å². The van der Waals surface area contributed by atoms with Gasteiger partial charge in [0.15, 0.2) is 0 Å². The molecule has 0 spiro atoms. The van der Waals surface area contributed by atoms with Crippen LogP contribution in [0.3, 0.4) is 0 Å². The maximum Gasteiger partial charge on any atom is 0.342 e. The number of anilines is 1. The van der Waals surface area contributed by atoms with Crippen LogP contribution in [0.2, 0.25) is 0 Å². The lowest BCUT2D eigenvalue weighted by Crippen LogP contribution is -2.25. The number of amides is 1. The minimum Gasteiger partial charge on any atom is -0.325 e. The molecule has 1 fully saturated rings. The summed E-state index contributed by atoms with van der Waals surface area (Å²) in [6.07, 6.45) is 5.18. The zero-order valence-corrected chi connectivity index (χ0v) is 12.2. The fourth-order valence-corrected chi connectivity index (χ4v) is 3.59. The Balaban J connectivity index is 2.11. The van der Waals surface area contributed by atoms with Crippen LogP contribution in [0, 0.1) is 9.49 Å². The number of halogens is 1. The van der Waals surface area contributed by atoms with Crippen molar-refractivity contribution in [3.63, 3.8) is 0 Å². The first-order chi connectivity index (χ1) is 8.68. The van der Waals surface area contributed by atoms with Crippen molar-refractivity contribution in [3.8, 4) is 0 Å². The van der Waals surface area contributed by atoms with Crippen molar-refractivity contribution >= 4 is 31.4 Å². The molecule has 1 aliphatic carbocycles. The lowest BCUT2D eigenvalue weighted by molar-refractivity contribution is -0.120. The van der Waals surface area contributed by atoms with Crippen molar-refractivity contribution in [2.75, 3.05) is 5.32 Å². The molecule has 1 aromatic carbocycles. The third-order valence-corrected chi connectivity index (χ3v) is 5.16. The molecule has 0 unspecified atom stereocenters. The predicted octanol–water partition coefficient (Wildman–Crippen LogP) is 3.57. The summed E-state index contributed by atoms with van der Waals surface area (Å²) in [5, 5.41) is 2.76. The number of carbonyl (C=O) groups excluding carboxylic acids is 1. The summed E-state index contributed by atoms with van der Waals surface area (Å²) in [6.45, 7) is 0. The van der Waals surface area contributed by atoms with E-state index in [4.69, 9.17) is 0 Å². The molecule has 0 aliphatic heterocycles. The van der Waals surface area contributed by atoms with Gasteiger partial charge >= 0.3 is 19.8 Å². The van der Waals surface area contributed by atoms with Gasteiger partial charge in [-0.3, -0.25) is 4.79 Å². The summed E-state index contributed by atoms with van der Waals surface area (Å²) in [6, 6.07) is 6.60. The van der Waals surface area contributed by atoms with Crippen LogP contribution in [-0.4, -0.2) is 5.91 Å². The van der Waals surface area contributed by atoms with Gasteiger partial charge < -0.3 is 5.32 Å². The Hall–Kier alpha value is -0.980. The van der Waals surface area contributed by atoms with E-state index < -0.39 is 19.8 Å². The summed E-state index contributed by atoms with van der Waals surface area (Å²) in [5.41, 5.74) is 0.434. The van der Waals surface area contributed by atoms with Crippen molar-refractivity contribution in [1.82, 2.24) is 0 Å². The van der Waals surface area contributed by atoms with Crippen LogP contribution < -0.4 is 5.32 Å². The van der Waals surface area contributed by atoms with E-state index in [9.17, 15) is 10.9 Å². The predicted molar refractivity (Wildman–Crippen MR) is 75.7 cm³/mol. The van der Waals surface area contributed by atoms with E-state index in [0.29, 0.717) is 5.69 Å². The van der Waals surface area contributed by atoms with Gasteiger partial charge in [-0.05, 0) is 25.0 Å². The smallest absolute Gasteiger partial charge is 0.325 e. The molecular formula is C13H16INO3. The van der Waals surface area contributed by atoms with E-state index in [1.54, 1.807) is 24.3 Å². The molecular weight excluding hydrogens is 345 g/mol. The molecule has 0 saturated heterocycles. The van der Waals surface area contributed by atoms with Crippen LogP contribution in [0.5, 0.6) is 0 Å². The molecule has 1 saturated carbocycles. The molecule has 1 amide bonds. The second-order valence-electron chi connectivity index (χ2n) is 4.52. The lowest BCUT2D eigenvalue weighted by atomic mass is 9.88. The van der Waals surface area contributed by atoms with Gasteiger partial charge in [0, 0.05) is 5.92 Å². The van der Waals surface area contributed by atoms with E-state index in [2.05, 4.69) is 5.32 Å². The maximum atomic E-state index is 12.0. The number of rotatable bonds is 3. The largest absolute Gasteiger partial charge is 0.342 e. The van der Waals surface area contributed by atoms with E-state index in [1.807, 2.05) is 0 Å². The fraction of sp³-hybridized carbons (Fsp3) is 0.462. The quantitative estimate of drug-likeness (QED) is 0.838. The van der Waals surface area contributed by atoms with Crippen molar-refractivity contribution in [2.45, 2.75) is 32.1 Å². The second kappa shape index (κ2) is 6.26. The SMILES string of the molecule is O=C(Nc1ccccc1I(=O)=O)C1CCCCC1. The zero-order chi connectivity index (χ0) is 13.0. The lowest BCUT2D eigenvalue weighted by Gasteiger charge is -2.20. The summed E-state index contributed by atoms with van der Waals surface area (Å²) < 4.78 is 22.6. The molecule has 1 aromatic rings. The molecule has 0 radical (unpaired) electrons. The van der Waals surface area contributed by atoms with Crippen LogP contribution in [0.1, 0.15) is 32.1 Å². The minimum atomic E-state index is -3.55. The highest BCUT2D eigenvalue weighted by Crippen LogP contribution is 2.28. The second-order valence-corrected chi connectivity index (χ2v) is 6.92. The average Bonchev–Trinajstić information content (AvgIpc) is 2.40. The topological polar surface area (TPSA) is 63.2 Å². The number of hydrogen-bond acceptors (Lipinski definition) is 3. The van der Waals surface area contributed by atoms with Crippen molar-refractivity contribution < 1.29 is 10.9 Å². The number of para-hydroxylation sites is 1. The first-order valence-electron chi connectivity index (χ1n) is 6.13. The van der Waals surface area contributed by atoms with E-state index in [0.717, 1.165) is 25.7 Å². The molecule has 5 heteroatoms. The van der Waals surface area contributed by atoms with Crippen LogP contribution in [0.15, 0.2) is 24.3 Å². The van der Waals surface area contributed by atoms with E-state index in [-0.39, 0.29) is 15.4 Å². The number of nitrogens with one attached hydrogen (secondary N) is 1. The van der Waals surface area contributed by atoms with E-state index >= 15 is 0 Å². The number of carbonyl (C=O) groups is 1. The summed E-state index contributed by atoms with van der Waals surface area (Å²) in [4.78, 5) is 12.0. The monoisotopic (exact) mass is 361 g/mol. The average molecular weight is 361 g/mol. The Morgan fingerprint density at radius 1 is 1.11 bits per heavy atom. The summed E-state index contributed by atoms with van der Waals surface area (Å²) >= 11 is -3.55. The fourth-order valence-electron chi connectivity index (χ4n) is 2.30. The Kier molecular flexibility index (Phi) is 4.68. The molecule has 0 aromatic heterocycles. The van der Waals surface area contributed by atoms with Gasteiger partial charge in [-0.1, -0.05) is 31.4 Å². The van der Waals surface area contributed by atoms with Crippen LogP contribution in [-0.2, 0) is 10.9 Å². The zero-order valence-electron chi connectivity index (χ0n) is 10.0. The van der Waals surface area contributed by atoms with Crippen molar-refractivity contribution in [2.24, 2.45) is 5.92 Å². The Labute approximate surface area is 113 Å². The Morgan fingerprint density at radius 3 is 2.44 bits per heavy atom. The number of hydrogen-bond donors (Lipinski definition) is 1. The highest BCUT2D eigenvalue weighted by atomic mass is 127. The third-order valence-electron chi connectivity index (χ3n) is 3.27. The molecule has 98 valence electrons. The third kappa shape index (κ3) is 3.28. The van der Waals surface area contributed by atoms with Gasteiger partial charge in [0.25, 0.3) is 0 Å². The molecule has 0 atom stereocenters. The number of benzene rings is 1. The Morgan fingerprint density at radius 2 is 1.78 bits per heavy atom. The molecule has 18 heavy (non-hydrogen) atoms. The van der Waals surface area contributed by atoms with Crippen molar-refractivity contribution in [3.05, 3.63) is 27.8 Å². The molecule has 0 bridgehead atoms. The van der Waals surface area contributed by atoms with E-state index in [1.165, 1.54) is 6.42 Å². The minimum absolute atomic E-state index is 0.0346. The first kappa shape index (κ1) is 13.5. The normalized spacial score (nSPS) is 16.7. The highest BCUT2D eigenvalue weighted by molar-refractivity contribution is 14.2. The van der Waals surface area contributed by atoms with Crippen LogP contribution in [0.25, 0.3) is 0 Å². The first-order valence-corrected chi connectivity index (χ1v) is 8.97. The molecule has 2 rings (SSSR count). The van der Waals surface area contributed by atoms with Crippen LogP contribution >= 0.6 is 19.8 Å². The standard InChI is InChI=1S/C13H16INO3/c16-13(10-6-2-1-3-7-10)15-12-9-5-4-8-11(12)14(17)18/h4-5,8-10H,1-3,6-7H2,(H,15,16). The van der Waals surface area contributed by atoms with Gasteiger partial charge in [-0.2, -0.15) is 0 Å². The van der Waals surface area contributed by atoms with Gasteiger partial charge in [0.05, 0.1) is 9.26 Å². The van der Waals surface area contributed by atoms with Gasteiger partial charge in [0.1, 0.15) is 0 Å². The molecule has 1 aliphatic rings. The van der Waals surface area contributed by atoms with Crippen LogP contribution in [0.4, 0.5) is 5.69 Å². The Bertz CT molecular complexity index is 497. The summed E-state index contributed by atoms with van der Waals surface area (Å²) in [7, 11) is 0. The molecule has 0 heterocycles. The maximum absolute atomic E-state index is 12.0. The summed E-state index contributed by atoms with van der Waals surface area (Å²) in [5.74, 6) is -0.00719. The molecule has 1 N–H and O–H groups in total. The van der Waals surface area contributed by atoms with Crippen molar-refractivity contribution in [1.29, 1.82) is 0 Å². The highest BCUT2D eigenvalue weighted by Gasteiger charge is 2.22.